The molecule has 1 aliphatic carbocycles. The first kappa shape index (κ1) is 17.8. The summed E-state index contributed by atoms with van der Waals surface area (Å²) in [5.74, 6) is 1.32. The van der Waals surface area contributed by atoms with Crippen LogP contribution >= 0.6 is 11.8 Å². The molecule has 1 fully saturated rings. The lowest BCUT2D eigenvalue weighted by Crippen LogP contribution is -2.57. The summed E-state index contributed by atoms with van der Waals surface area (Å²) in [6.07, 6.45) is 4.23. The Bertz CT molecular complexity index is 420. The number of nitrogens with one attached hydrogen (secondary N) is 1. The highest BCUT2D eigenvalue weighted by atomic mass is 32.2. The highest BCUT2D eigenvalue weighted by Gasteiger charge is 2.51. The molecule has 1 aliphatic rings. The van der Waals surface area contributed by atoms with Gasteiger partial charge in [-0.25, -0.2) is 8.42 Å². The van der Waals surface area contributed by atoms with Crippen LogP contribution in [0.3, 0.4) is 0 Å². The van der Waals surface area contributed by atoms with E-state index in [0.717, 1.165) is 25.8 Å². The van der Waals surface area contributed by atoms with Crippen LogP contribution in [0.5, 0.6) is 0 Å². The molecule has 1 unspecified atom stereocenters. The number of thioether (sulfide) groups is 1. The minimum Gasteiger partial charge on any atom is -0.468 e. The van der Waals surface area contributed by atoms with E-state index in [9.17, 15) is 13.2 Å². The predicted octanol–water partition coefficient (Wildman–Crippen LogP) is 1.09. The summed E-state index contributed by atoms with van der Waals surface area (Å²) in [5.41, 5.74) is -0.646. The first-order valence-corrected chi connectivity index (χ1v) is 10.2. The second kappa shape index (κ2) is 7.66. The molecule has 0 aromatic heterocycles. The summed E-state index contributed by atoms with van der Waals surface area (Å²) in [4.78, 5) is 12.2. The van der Waals surface area contributed by atoms with E-state index in [2.05, 4.69) is 12.2 Å². The molecule has 0 bridgehead atoms. The monoisotopic (exact) mass is 323 g/mol. The normalized spacial score (nSPS) is 18.6. The van der Waals surface area contributed by atoms with Crippen molar-refractivity contribution in [3.63, 3.8) is 0 Å². The number of ether oxygens (including phenoxy) is 1. The van der Waals surface area contributed by atoms with Gasteiger partial charge in [0.1, 0.15) is 15.4 Å². The quantitative estimate of drug-likeness (QED) is 0.479. The average Bonchev–Trinajstić information content (AvgIpc) is 3.21. The second-order valence-corrected chi connectivity index (χ2v) is 8.71. The van der Waals surface area contributed by atoms with Crippen molar-refractivity contribution in [1.29, 1.82) is 0 Å². The third-order valence-corrected chi connectivity index (χ3v) is 5.80. The van der Waals surface area contributed by atoms with Gasteiger partial charge in [0.15, 0.2) is 0 Å². The van der Waals surface area contributed by atoms with Crippen LogP contribution in [0.1, 0.15) is 26.2 Å². The standard InChI is InChI=1S/C13H25NO4S2/c1-4-7-14-13(11-5-6-11,12(15)18-2)10-19-8-9-20(3,16)17/h11,14H,4-10H2,1-3H3. The summed E-state index contributed by atoms with van der Waals surface area (Å²) >= 11 is 1.51. The van der Waals surface area contributed by atoms with Crippen LogP contribution in [0.2, 0.25) is 0 Å². The number of sulfone groups is 1. The Morgan fingerprint density at radius 3 is 2.55 bits per heavy atom. The van der Waals surface area contributed by atoms with E-state index < -0.39 is 15.4 Å². The van der Waals surface area contributed by atoms with Crippen molar-refractivity contribution in [2.24, 2.45) is 5.92 Å². The van der Waals surface area contributed by atoms with Crippen molar-refractivity contribution in [1.82, 2.24) is 5.32 Å². The van der Waals surface area contributed by atoms with Crippen LogP contribution in [0, 0.1) is 5.92 Å². The van der Waals surface area contributed by atoms with E-state index in [1.165, 1.54) is 25.1 Å². The summed E-state index contributed by atoms with van der Waals surface area (Å²) in [7, 11) is -1.54. The molecule has 1 atom stereocenters. The largest absolute Gasteiger partial charge is 0.468 e. The van der Waals surface area contributed by atoms with Gasteiger partial charge in [0.2, 0.25) is 0 Å². The third kappa shape index (κ3) is 5.26. The van der Waals surface area contributed by atoms with Crippen molar-refractivity contribution in [2.45, 2.75) is 31.7 Å². The summed E-state index contributed by atoms with van der Waals surface area (Å²) in [5, 5.41) is 3.35. The van der Waals surface area contributed by atoms with E-state index in [1.807, 2.05) is 0 Å². The summed E-state index contributed by atoms with van der Waals surface area (Å²) in [6, 6.07) is 0. The fourth-order valence-corrected chi connectivity index (χ4v) is 4.77. The molecule has 118 valence electrons. The first-order chi connectivity index (χ1) is 9.35. The van der Waals surface area contributed by atoms with Gasteiger partial charge in [0.25, 0.3) is 0 Å². The van der Waals surface area contributed by atoms with Gasteiger partial charge in [0, 0.05) is 17.8 Å². The van der Waals surface area contributed by atoms with Gasteiger partial charge in [-0.2, -0.15) is 11.8 Å². The first-order valence-electron chi connectivity index (χ1n) is 6.94. The zero-order valence-corrected chi connectivity index (χ0v) is 14.1. The van der Waals surface area contributed by atoms with Gasteiger partial charge in [-0.1, -0.05) is 6.92 Å². The highest BCUT2D eigenvalue weighted by Crippen LogP contribution is 2.42. The second-order valence-electron chi connectivity index (χ2n) is 5.35. The number of rotatable bonds is 10. The topological polar surface area (TPSA) is 72.5 Å². The molecule has 0 radical (unpaired) electrons. The Morgan fingerprint density at radius 1 is 1.45 bits per heavy atom. The molecule has 0 aromatic rings. The average molecular weight is 323 g/mol. The van der Waals surface area contributed by atoms with Crippen molar-refractivity contribution in [2.75, 3.05) is 37.2 Å². The maximum atomic E-state index is 12.2. The summed E-state index contributed by atoms with van der Waals surface area (Å²) in [6.45, 7) is 2.82. The summed E-state index contributed by atoms with van der Waals surface area (Å²) < 4.78 is 27.3. The van der Waals surface area contributed by atoms with Gasteiger partial charge in [-0.05, 0) is 31.7 Å². The number of carbonyl (C=O) groups is 1. The Hall–Kier alpha value is -0.270. The fraction of sp³-hybridized carbons (Fsp3) is 0.923. The predicted molar refractivity (Wildman–Crippen MR) is 82.8 cm³/mol. The molecular weight excluding hydrogens is 298 g/mol. The molecule has 7 heteroatoms. The Morgan fingerprint density at radius 2 is 2.10 bits per heavy atom. The van der Waals surface area contributed by atoms with E-state index in [-0.39, 0.29) is 11.7 Å². The van der Waals surface area contributed by atoms with E-state index in [1.54, 1.807) is 0 Å². The highest BCUT2D eigenvalue weighted by molar-refractivity contribution is 8.00. The minimum atomic E-state index is -2.95. The Labute approximate surface area is 126 Å². The molecule has 0 aromatic carbocycles. The Kier molecular flexibility index (Phi) is 6.81. The molecule has 1 saturated carbocycles. The van der Waals surface area contributed by atoms with Gasteiger partial charge in [-0.15, -0.1) is 0 Å². The van der Waals surface area contributed by atoms with Gasteiger partial charge in [-0.3, -0.25) is 4.79 Å². The maximum absolute atomic E-state index is 12.2. The van der Waals surface area contributed by atoms with Crippen LogP contribution in [-0.4, -0.2) is 57.1 Å². The molecule has 0 aliphatic heterocycles. The Balaban J connectivity index is 2.63. The lowest BCUT2D eigenvalue weighted by atomic mass is 9.95. The zero-order chi connectivity index (χ0) is 15.2. The van der Waals surface area contributed by atoms with Crippen LogP contribution in [-0.2, 0) is 19.4 Å². The van der Waals surface area contributed by atoms with Crippen LogP contribution < -0.4 is 5.32 Å². The molecule has 5 nitrogen and oxygen atoms in total. The number of carbonyl (C=O) groups excluding carboxylic acids is 1. The molecular formula is C13H25NO4S2. The van der Waals surface area contributed by atoms with E-state index >= 15 is 0 Å². The SMILES string of the molecule is CCCNC(CSCCS(C)(=O)=O)(C(=O)OC)C1CC1. The maximum Gasteiger partial charge on any atom is 0.327 e. The molecule has 1 rings (SSSR count). The number of hydrogen-bond acceptors (Lipinski definition) is 6. The lowest BCUT2D eigenvalue weighted by Gasteiger charge is -2.32. The zero-order valence-electron chi connectivity index (χ0n) is 12.5. The number of hydrogen-bond donors (Lipinski definition) is 1. The minimum absolute atomic E-state index is 0.146. The molecule has 0 heterocycles. The smallest absolute Gasteiger partial charge is 0.327 e. The van der Waals surface area contributed by atoms with Gasteiger partial charge in [0.05, 0.1) is 12.9 Å². The van der Waals surface area contributed by atoms with Gasteiger partial charge >= 0.3 is 5.97 Å². The van der Waals surface area contributed by atoms with Crippen LogP contribution in [0.15, 0.2) is 0 Å². The lowest BCUT2D eigenvalue weighted by molar-refractivity contribution is -0.148. The van der Waals surface area contributed by atoms with E-state index in [4.69, 9.17) is 4.74 Å². The van der Waals surface area contributed by atoms with Crippen LogP contribution in [0.4, 0.5) is 0 Å². The van der Waals surface area contributed by atoms with Crippen molar-refractivity contribution in [3.05, 3.63) is 0 Å². The third-order valence-electron chi connectivity index (χ3n) is 3.44. The van der Waals surface area contributed by atoms with E-state index in [0.29, 0.717) is 17.4 Å². The van der Waals surface area contributed by atoms with Crippen molar-refractivity contribution in [3.8, 4) is 0 Å². The molecule has 0 spiro atoms. The molecule has 0 saturated heterocycles. The number of esters is 1. The van der Waals surface area contributed by atoms with Crippen molar-refractivity contribution < 1.29 is 17.9 Å². The van der Waals surface area contributed by atoms with Crippen LogP contribution in [0.25, 0.3) is 0 Å². The number of methoxy groups -OCH3 is 1. The van der Waals surface area contributed by atoms with Gasteiger partial charge < -0.3 is 10.1 Å². The molecule has 0 amide bonds. The van der Waals surface area contributed by atoms with Crippen molar-refractivity contribution >= 4 is 27.6 Å². The fourth-order valence-electron chi connectivity index (χ4n) is 2.16. The molecule has 1 N–H and O–H groups in total. The molecule has 20 heavy (non-hydrogen) atoms.